The molecule has 0 saturated heterocycles. The molecule has 0 aliphatic carbocycles. The fourth-order valence-electron chi connectivity index (χ4n) is 1.61. The van der Waals surface area contributed by atoms with E-state index in [1.807, 2.05) is 4.57 Å². The maximum atomic E-state index is 12.9. The van der Waals surface area contributed by atoms with Crippen LogP contribution >= 0.6 is 0 Å². The van der Waals surface area contributed by atoms with Gasteiger partial charge in [-0.1, -0.05) is 6.08 Å². The largest absolute Gasteiger partial charge is 0.388 e. The maximum Gasteiger partial charge on any atom is 0.136 e. The Morgan fingerprint density at radius 1 is 1.53 bits per heavy atom. The molecule has 1 aromatic heterocycles. The third-order valence-electron chi connectivity index (χ3n) is 2.24. The lowest BCUT2D eigenvalue weighted by Crippen LogP contribution is -2.01. The van der Waals surface area contributed by atoms with Gasteiger partial charge in [-0.25, -0.2) is 9.37 Å². The molecule has 3 nitrogen and oxygen atoms in total. The average molecular weight is 206 g/mol. The molecule has 0 aliphatic rings. The van der Waals surface area contributed by atoms with Gasteiger partial charge in [0.25, 0.3) is 0 Å². The highest BCUT2D eigenvalue weighted by Crippen LogP contribution is 2.17. The molecule has 0 fully saturated rings. The van der Waals surface area contributed by atoms with Gasteiger partial charge in [-0.3, -0.25) is 0 Å². The fraction of sp³-hybridized carbons (Fsp3) is 0.182. The van der Waals surface area contributed by atoms with Crippen LogP contribution in [0.15, 0.2) is 30.9 Å². The number of halogens is 1. The van der Waals surface area contributed by atoms with Gasteiger partial charge in [0.2, 0.25) is 0 Å². The van der Waals surface area contributed by atoms with Gasteiger partial charge >= 0.3 is 0 Å². The zero-order chi connectivity index (χ0) is 10.8. The predicted octanol–water partition coefficient (Wildman–Crippen LogP) is 1.85. The number of fused-ring (bicyclic) bond motifs is 1. The molecular weight excluding hydrogens is 195 g/mol. The van der Waals surface area contributed by atoms with E-state index in [1.165, 1.54) is 12.1 Å². The van der Waals surface area contributed by atoms with Crippen molar-refractivity contribution < 1.29 is 9.50 Å². The van der Waals surface area contributed by atoms with Crippen LogP contribution in [0, 0.1) is 5.82 Å². The third-order valence-corrected chi connectivity index (χ3v) is 2.24. The van der Waals surface area contributed by atoms with E-state index < -0.39 is 0 Å². The Morgan fingerprint density at radius 3 is 3.00 bits per heavy atom. The molecule has 0 unspecified atom stereocenters. The fourth-order valence-corrected chi connectivity index (χ4v) is 1.61. The molecule has 15 heavy (non-hydrogen) atoms. The molecule has 0 amide bonds. The van der Waals surface area contributed by atoms with Gasteiger partial charge in [-0.15, -0.1) is 6.58 Å². The van der Waals surface area contributed by atoms with Gasteiger partial charge < -0.3 is 9.67 Å². The van der Waals surface area contributed by atoms with Crippen molar-refractivity contribution in [1.29, 1.82) is 0 Å². The van der Waals surface area contributed by atoms with E-state index in [-0.39, 0.29) is 12.4 Å². The molecule has 1 aromatic carbocycles. The number of aromatic nitrogens is 2. The van der Waals surface area contributed by atoms with Crippen LogP contribution in [0.1, 0.15) is 5.82 Å². The number of aliphatic hydroxyl groups excluding tert-OH is 1. The molecule has 0 radical (unpaired) electrons. The minimum Gasteiger partial charge on any atom is -0.388 e. The number of hydrogen-bond acceptors (Lipinski definition) is 2. The molecule has 78 valence electrons. The summed E-state index contributed by atoms with van der Waals surface area (Å²) < 4.78 is 14.7. The Morgan fingerprint density at radius 2 is 2.33 bits per heavy atom. The molecule has 1 heterocycles. The Labute approximate surface area is 86.5 Å². The smallest absolute Gasteiger partial charge is 0.136 e. The van der Waals surface area contributed by atoms with Crippen molar-refractivity contribution in [1.82, 2.24) is 9.55 Å². The van der Waals surface area contributed by atoms with Crippen LogP contribution in [0.5, 0.6) is 0 Å². The molecule has 2 aromatic rings. The first-order chi connectivity index (χ1) is 7.26. The molecule has 4 heteroatoms. The summed E-state index contributed by atoms with van der Waals surface area (Å²) in [6.07, 6.45) is 1.71. The second-order valence-electron chi connectivity index (χ2n) is 3.22. The van der Waals surface area contributed by atoms with E-state index >= 15 is 0 Å². The molecule has 0 atom stereocenters. The van der Waals surface area contributed by atoms with Crippen molar-refractivity contribution >= 4 is 11.0 Å². The Hall–Kier alpha value is -1.68. The van der Waals surface area contributed by atoms with Gasteiger partial charge in [0.15, 0.2) is 0 Å². The summed E-state index contributed by atoms with van der Waals surface area (Å²) in [4.78, 5) is 4.14. The highest BCUT2D eigenvalue weighted by atomic mass is 19.1. The van der Waals surface area contributed by atoms with Gasteiger partial charge in [-0.2, -0.15) is 0 Å². The van der Waals surface area contributed by atoms with Crippen molar-refractivity contribution in [3.8, 4) is 0 Å². The van der Waals surface area contributed by atoms with Crippen molar-refractivity contribution in [2.45, 2.75) is 13.2 Å². The number of aliphatic hydroxyl groups is 1. The number of imidazole rings is 1. The number of allylic oxidation sites excluding steroid dienone is 1. The van der Waals surface area contributed by atoms with Crippen LogP contribution < -0.4 is 0 Å². The quantitative estimate of drug-likeness (QED) is 0.778. The molecule has 0 aliphatic heterocycles. The highest BCUT2D eigenvalue weighted by Gasteiger charge is 2.08. The SMILES string of the molecule is C=CCn1c(CO)nc2cc(F)ccc21. The summed E-state index contributed by atoms with van der Waals surface area (Å²) in [5, 5.41) is 9.10. The Bertz CT molecular complexity index is 505. The van der Waals surface area contributed by atoms with Crippen LogP contribution in [0.25, 0.3) is 11.0 Å². The lowest BCUT2D eigenvalue weighted by molar-refractivity contribution is 0.267. The van der Waals surface area contributed by atoms with Gasteiger partial charge in [-0.05, 0) is 12.1 Å². The normalized spacial score (nSPS) is 10.8. The molecule has 0 saturated carbocycles. The summed E-state index contributed by atoms with van der Waals surface area (Å²) >= 11 is 0. The third kappa shape index (κ3) is 1.64. The first-order valence-corrected chi connectivity index (χ1v) is 4.62. The summed E-state index contributed by atoms with van der Waals surface area (Å²) in [7, 11) is 0. The van der Waals surface area contributed by atoms with Crippen molar-refractivity contribution in [3.63, 3.8) is 0 Å². The zero-order valence-electron chi connectivity index (χ0n) is 8.15. The van der Waals surface area contributed by atoms with Crippen molar-refractivity contribution in [2.24, 2.45) is 0 Å². The average Bonchev–Trinajstić information content (AvgIpc) is 2.56. The first kappa shape index (κ1) is 9.86. The summed E-state index contributed by atoms with van der Waals surface area (Å²) in [6, 6.07) is 4.39. The molecule has 1 N–H and O–H groups in total. The Balaban J connectivity index is 2.68. The van der Waals surface area contributed by atoms with Gasteiger partial charge in [0.05, 0.1) is 11.0 Å². The lowest BCUT2D eigenvalue weighted by atomic mass is 10.3. The van der Waals surface area contributed by atoms with Gasteiger partial charge in [0, 0.05) is 12.6 Å². The lowest BCUT2D eigenvalue weighted by Gasteiger charge is -2.03. The monoisotopic (exact) mass is 206 g/mol. The summed E-state index contributed by atoms with van der Waals surface area (Å²) in [5.74, 6) is 0.200. The van der Waals surface area contributed by atoms with Crippen LogP contribution in [0.2, 0.25) is 0 Å². The zero-order valence-corrected chi connectivity index (χ0v) is 8.15. The highest BCUT2D eigenvalue weighted by molar-refractivity contribution is 5.76. The number of rotatable bonds is 3. The summed E-state index contributed by atoms with van der Waals surface area (Å²) in [5.41, 5.74) is 1.36. The first-order valence-electron chi connectivity index (χ1n) is 4.62. The number of nitrogens with zero attached hydrogens (tertiary/aromatic N) is 2. The second-order valence-corrected chi connectivity index (χ2v) is 3.22. The van der Waals surface area contributed by atoms with E-state index in [9.17, 15) is 4.39 Å². The second kappa shape index (κ2) is 3.82. The molecule has 2 rings (SSSR count). The standard InChI is InChI=1S/C11H11FN2O/c1-2-5-14-10-4-3-8(12)6-9(10)13-11(14)7-15/h2-4,6,15H,1,5,7H2. The van der Waals surface area contributed by atoms with Crippen molar-refractivity contribution in [3.05, 3.63) is 42.5 Å². The van der Waals surface area contributed by atoms with Crippen LogP contribution in [0.4, 0.5) is 4.39 Å². The van der Waals surface area contributed by atoms with E-state index in [0.29, 0.717) is 17.9 Å². The van der Waals surface area contributed by atoms with E-state index in [4.69, 9.17) is 5.11 Å². The topological polar surface area (TPSA) is 38.0 Å². The number of benzene rings is 1. The van der Waals surface area contributed by atoms with Crippen molar-refractivity contribution in [2.75, 3.05) is 0 Å². The predicted molar refractivity (Wildman–Crippen MR) is 55.8 cm³/mol. The minimum atomic E-state index is -0.324. The van der Waals surface area contributed by atoms with Crippen LogP contribution in [-0.4, -0.2) is 14.7 Å². The van der Waals surface area contributed by atoms with E-state index in [0.717, 1.165) is 5.52 Å². The maximum absolute atomic E-state index is 12.9. The van der Waals surface area contributed by atoms with Gasteiger partial charge in [0.1, 0.15) is 18.2 Å². The summed E-state index contributed by atoms with van der Waals surface area (Å²) in [6.45, 7) is 4.02. The molecule has 0 bridgehead atoms. The van der Waals surface area contributed by atoms with E-state index in [1.54, 1.807) is 12.1 Å². The van der Waals surface area contributed by atoms with E-state index in [2.05, 4.69) is 11.6 Å². The Kier molecular flexibility index (Phi) is 2.51. The van der Waals surface area contributed by atoms with Crippen LogP contribution in [-0.2, 0) is 13.2 Å². The molecule has 0 spiro atoms. The number of hydrogen-bond donors (Lipinski definition) is 1. The van der Waals surface area contributed by atoms with Crippen LogP contribution in [0.3, 0.4) is 0 Å². The minimum absolute atomic E-state index is 0.163. The molecular formula is C11H11FN2O.